The highest BCUT2D eigenvalue weighted by molar-refractivity contribution is 9.10. The lowest BCUT2D eigenvalue weighted by atomic mass is 10.3. The summed E-state index contributed by atoms with van der Waals surface area (Å²) in [6, 6.07) is 5.30. The van der Waals surface area contributed by atoms with Gasteiger partial charge in [-0.1, -0.05) is 17.7 Å². The fraction of sp³-hybridized carbons (Fsp3) is 0. The van der Waals surface area contributed by atoms with Gasteiger partial charge in [-0.2, -0.15) is 0 Å². The first-order valence-corrected chi connectivity index (χ1v) is 4.33. The molecule has 1 aromatic rings. The summed E-state index contributed by atoms with van der Waals surface area (Å²) in [5.74, 6) is -0.113. The largest absolute Gasteiger partial charge is 0.370 e. The van der Waals surface area contributed by atoms with E-state index in [1.807, 2.05) is 0 Å². The minimum absolute atomic E-state index is 0.113. The van der Waals surface area contributed by atoms with Crippen LogP contribution in [0.4, 0.5) is 5.69 Å². The number of hydrogen-bond acceptors (Lipinski definition) is 1. The zero-order valence-electron chi connectivity index (χ0n) is 6.07. The van der Waals surface area contributed by atoms with Crippen LogP contribution < -0.4 is 11.1 Å². The number of benzene rings is 1. The Bertz CT molecular complexity index is 314. The lowest BCUT2D eigenvalue weighted by molar-refractivity contribution is 1.40. The maximum Gasteiger partial charge on any atom is 0.190 e. The summed E-state index contributed by atoms with van der Waals surface area (Å²) < 4.78 is 0.710. The molecule has 4 N–H and O–H groups in total. The van der Waals surface area contributed by atoms with E-state index in [1.54, 1.807) is 18.2 Å². The molecule has 0 unspecified atom stereocenters. The Morgan fingerprint density at radius 1 is 1.58 bits per heavy atom. The molecule has 0 saturated heterocycles. The van der Waals surface area contributed by atoms with Gasteiger partial charge in [0.2, 0.25) is 0 Å². The average molecular weight is 249 g/mol. The normalized spacial score (nSPS) is 9.50. The molecule has 1 rings (SSSR count). The second-order valence-corrected chi connectivity index (χ2v) is 3.34. The number of nitrogens with two attached hydrogens (primary N) is 1. The van der Waals surface area contributed by atoms with Crippen molar-refractivity contribution < 1.29 is 0 Å². The second kappa shape index (κ2) is 3.78. The smallest absolute Gasteiger partial charge is 0.190 e. The summed E-state index contributed by atoms with van der Waals surface area (Å²) in [5.41, 5.74) is 5.84. The minimum Gasteiger partial charge on any atom is -0.370 e. The first kappa shape index (κ1) is 9.35. The molecule has 1 aromatic carbocycles. The van der Waals surface area contributed by atoms with Crippen LogP contribution in [-0.4, -0.2) is 5.96 Å². The molecule has 0 bridgehead atoms. The summed E-state index contributed by atoms with van der Waals surface area (Å²) in [5, 5.41) is 10.2. The first-order chi connectivity index (χ1) is 5.61. The Hall–Kier alpha value is -0.740. The molecule has 0 aromatic heterocycles. The van der Waals surface area contributed by atoms with Gasteiger partial charge in [-0.15, -0.1) is 0 Å². The zero-order valence-corrected chi connectivity index (χ0v) is 8.41. The third-order valence-corrected chi connectivity index (χ3v) is 2.62. The molecule has 0 saturated carbocycles. The van der Waals surface area contributed by atoms with Gasteiger partial charge in [-0.25, -0.2) is 0 Å². The SMILES string of the molecule is N=C(N)Nc1cccc(Cl)c1Br. The predicted octanol–water partition coefficient (Wildman–Crippen LogP) is 2.41. The maximum atomic E-state index is 7.00. The van der Waals surface area contributed by atoms with Crippen LogP contribution in [0.2, 0.25) is 5.02 Å². The Morgan fingerprint density at radius 3 is 2.83 bits per heavy atom. The van der Waals surface area contributed by atoms with Crippen molar-refractivity contribution in [1.29, 1.82) is 5.41 Å². The number of halogens is 2. The van der Waals surface area contributed by atoms with E-state index in [4.69, 9.17) is 22.7 Å². The zero-order chi connectivity index (χ0) is 9.14. The summed E-state index contributed by atoms with van der Waals surface area (Å²) in [6.07, 6.45) is 0. The molecule has 0 radical (unpaired) electrons. The molecule has 0 atom stereocenters. The van der Waals surface area contributed by atoms with Crippen LogP contribution in [0.15, 0.2) is 22.7 Å². The van der Waals surface area contributed by atoms with Crippen LogP contribution >= 0.6 is 27.5 Å². The molecule has 0 spiro atoms. The highest BCUT2D eigenvalue weighted by Crippen LogP contribution is 2.29. The van der Waals surface area contributed by atoms with Gasteiger partial charge in [0.1, 0.15) is 0 Å². The third-order valence-electron chi connectivity index (χ3n) is 1.22. The summed E-state index contributed by atoms with van der Waals surface area (Å²) in [6.45, 7) is 0. The molecule has 0 aliphatic carbocycles. The molecule has 0 fully saturated rings. The predicted molar refractivity (Wildman–Crippen MR) is 54.7 cm³/mol. The summed E-state index contributed by atoms with van der Waals surface area (Å²) in [4.78, 5) is 0. The Balaban J connectivity index is 3.00. The van der Waals surface area contributed by atoms with Crippen LogP contribution in [0.25, 0.3) is 0 Å². The number of guanidine groups is 1. The Labute approximate surface area is 83.5 Å². The van der Waals surface area contributed by atoms with Gasteiger partial charge >= 0.3 is 0 Å². The molecule has 0 heterocycles. The van der Waals surface area contributed by atoms with E-state index in [-0.39, 0.29) is 5.96 Å². The van der Waals surface area contributed by atoms with Crippen molar-refractivity contribution in [2.24, 2.45) is 5.73 Å². The number of nitrogens with one attached hydrogen (secondary N) is 2. The standard InChI is InChI=1S/C7H7BrClN3/c8-6-4(9)2-1-3-5(6)12-7(10)11/h1-3H,(H4,10,11,12). The monoisotopic (exact) mass is 247 g/mol. The Morgan fingerprint density at radius 2 is 2.25 bits per heavy atom. The first-order valence-electron chi connectivity index (χ1n) is 3.16. The quantitative estimate of drug-likeness (QED) is 0.528. The summed E-state index contributed by atoms with van der Waals surface area (Å²) in [7, 11) is 0. The van der Waals surface area contributed by atoms with Gasteiger partial charge in [0.15, 0.2) is 5.96 Å². The van der Waals surface area contributed by atoms with Gasteiger partial charge in [0, 0.05) is 0 Å². The van der Waals surface area contributed by atoms with Crippen molar-refractivity contribution in [1.82, 2.24) is 0 Å². The van der Waals surface area contributed by atoms with Crippen LogP contribution in [0.5, 0.6) is 0 Å². The number of rotatable bonds is 1. The van der Waals surface area contributed by atoms with E-state index in [0.29, 0.717) is 15.2 Å². The van der Waals surface area contributed by atoms with Crippen molar-refractivity contribution in [3.05, 3.63) is 27.7 Å². The van der Waals surface area contributed by atoms with Crippen LogP contribution in [0.3, 0.4) is 0 Å². The van der Waals surface area contributed by atoms with Gasteiger partial charge in [0.25, 0.3) is 0 Å². The fourth-order valence-electron chi connectivity index (χ4n) is 0.745. The van der Waals surface area contributed by atoms with E-state index < -0.39 is 0 Å². The highest BCUT2D eigenvalue weighted by Gasteiger charge is 2.02. The molecule has 12 heavy (non-hydrogen) atoms. The highest BCUT2D eigenvalue weighted by atomic mass is 79.9. The fourth-order valence-corrected chi connectivity index (χ4v) is 1.28. The molecule has 64 valence electrons. The van der Waals surface area contributed by atoms with Gasteiger partial charge in [-0.3, -0.25) is 5.41 Å². The molecule has 0 amide bonds. The van der Waals surface area contributed by atoms with Gasteiger partial charge in [0.05, 0.1) is 15.2 Å². The van der Waals surface area contributed by atoms with E-state index >= 15 is 0 Å². The van der Waals surface area contributed by atoms with Crippen molar-refractivity contribution in [3.63, 3.8) is 0 Å². The molecule has 0 aliphatic rings. The topological polar surface area (TPSA) is 61.9 Å². The average Bonchev–Trinajstić information content (AvgIpc) is 1.98. The molecule has 3 nitrogen and oxygen atoms in total. The Kier molecular flexibility index (Phi) is 2.94. The van der Waals surface area contributed by atoms with Crippen molar-refractivity contribution in [2.75, 3.05) is 5.32 Å². The van der Waals surface area contributed by atoms with Crippen molar-refractivity contribution >= 4 is 39.2 Å². The van der Waals surface area contributed by atoms with Crippen LogP contribution in [0.1, 0.15) is 0 Å². The molecule has 5 heteroatoms. The lowest BCUT2D eigenvalue weighted by Gasteiger charge is -2.06. The number of anilines is 1. The number of hydrogen-bond donors (Lipinski definition) is 3. The lowest BCUT2D eigenvalue weighted by Crippen LogP contribution is -2.20. The maximum absolute atomic E-state index is 7.00. The van der Waals surface area contributed by atoms with Crippen molar-refractivity contribution in [2.45, 2.75) is 0 Å². The van der Waals surface area contributed by atoms with E-state index in [2.05, 4.69) is 21.2 Å². The van der Waals surface area contributed by atoms with Crippen molar-refractivity contribution in [3.8, 4) is 0 Å². The van der Waals surface area contributed by atoms with Crippen LogP contribution in [0, 0.1) is 5.41 Å². The van der Waals surface area contributed by atoms with E-state index in [9.17, 15) is 0 Å². The van der Waals surface area contributed by atoms with E-state index in [0.717, 1.165) is 0 Å². The second-order valence-electron chi connectivity index (χ2n) is 2.14. The minimum atomic E-state index is -0.113. The molecule has 0 aliphatic heterocycles. The summed E-state index contributed by atoms with van der Waals surface area (Å²) >= 11 is 9.06. The van der Waals surface area contributed by atoms with Gasteiger partial charge < -0.3 is 11.1 Å². The molecular formula is C7H7BrClN3. The molecular weight excluding hydrogens is 241 g/mol. The van der Waals surface area contributed by atoms with Crippen LogP contribution in [-0.2, 0) is 0 Å². The third kappa shape index (κ3) is 2.12. The van der Waals surface area contributed by atoms with E-state index in [1.165, 1.54) is 0 Å². The van der Waals surface area contributed by atoms with Gasteiger partial charge in [-0.05, 0) is 28.1 Å².